The predicted octanol–water partition coefficient (Wildman–Crippen LogP) is 4.72. The van der Waals surface area contributed by atoms with Crippen molar-refractivity contribution in [3.05, 3.63) is 64.3 Å². The molecule has 1 N–H and O–H groups in total. The Morgan fingerprint density at radius 2 is 1.91 bits per heavy atom. The molecule has 0 saturated carbocycles. The average molecular weight is 456 g/mol. The normalized spacial score (nSPS) is 15.2. The SMILES string of the molecule is CCOc1ccc(C2c3c(-c4ccc(Cl)cc4)n[nH]c3C(=O)N2CCCOC)cc1OC. The van der Waals surface area contributed by atoms with E-state index in [2.05, 4.69) is 10.2 Å². The zero-order valence-electron chi connectivity index (χ0n) is 18.4. The minimum absolute atomic E-state index is 0.0818. The Labute approximate surface area is 192 Å². The third-order valence-electron chi connectivity index (χ3n) is 5.53. The summed E-state index contributed by atoms with van der Waals surface area (Å²) in [6.07, 6.45) is 0.723. The molecule has 3 aromatic rings. The molecule has 2 heterocycles. The lowest BCUT2D eigenvalue weighted by Gasteiger charge is -2.27. The Morgan fingerprint density at radius 3 is 2.59 bits per heavy atom. The molecule has 32 heavy (non-hydrogen) atoms. The zero-order chi connectivity index (χ0) is 22.7. The van der Waals surface area contributed by atoms with Gasteiger partial charge in [0.2, 0.25) is 0 Å². The van der Waals surface area contributed by atoms with Gasteiger partial charge in [-0.05, 0) is 43.2 Å². The largest absolute Gasteiger partial charge is 0.493 e. The Kier molecular flexibility index (Phi) is 6.67. The van der Waals surface area contributed by atoms with Crippen LogP contribution < -0.4 is 9.47 Å². The summed E-state index contributed by atoms with van der Waals surface area (Å²) in [4.78, 5) is 15.2. The second-order valence-corrected chi connectivity index (χ2v) is 7.89. The molecule has 1 aliphatic heterocycles. The van der Waals surface area contributed by atoms with E-state index in [9.17, 15) is 4.79 Å². The van der Waals surface area contributed by atoms with Crippen molar-refractivity contribution in [3.63, 3.8) is 0 Å². The molecule has 0 radical (unpaired) electrons. The van der Waals surface area contributed by atoms with Crippen molar-refractivity contribution in [1.82, 2.24) is 15.1 Å². The van der Waals surface area contributed by atoms with Gasteiger partial charge in [0.25, 0.3) is 5.91 Å². The highest BCUT2D eigenvalue weighted by atomic mass is 35.5. The summed E-state index contributed by atoms with van der Waals surface area (Å²) < 4.78 is 16.5. The Morgan fingerprint density at radius 1 is 1.12 bits per heavy atom. The molecule has 7 nitrogen and oxygen atoms in total. The number of hydrogen-bond donors (Lipinski definition) is 1. The van der Waals surface area contributed by atoms with Crippen LogP contribution in [0.15, 0.2) is 42.5 Å². The molecule has 1 amide bonds. The summed E-state index contributed by atoms with van der Waals surface area (Å²) in [5, 5.41) is 8.10. The summed E-state index contributed by atoms with van der Waals surface area (Å²) in [5.41, 5.74) is 3.90. The maximum absolute atomic E-state index is 13.3. The number of nitrogens with zero attached hydrogens (tertiary/aromatic N) is 2. The maximum atomic E-state index is 13.3. The third kappa shape index (κ3) is 4.06. The quantitative estimate of drug-likeness (QED) is 0.472. The van der Waals surface area contributed by atoms with Crippen LogP contribution in [0.4, 0.5) is 0 Å². The summed E-state index contributed by atoms with van der Waals surface area (Å²) in [6, 6.07) is 12.9. The van der Waals surface area contributed by atoms with Gasteiger partial charge in [0.15, 0.2) is 11.5 Å². The molecule has 1 aromatic heterocycles. The van der Waals surface area contributed by atoms with Crippen LogP contribution in [0.1, 0.15) is 41.0 Å². The minimum atomic E-state index is -0.316. The van der Waals surface area contributed by atoms with E-state index in [4.69, 9.17) is 25.8 Å². The lowest BCUT2D eigenvalue weighted by atomic mass is 9.95. The summed E-state index contributed by atoms with van der Waals surface area (Å²) in [5.74, 6) is 1.21. The molecule has 8 heteroatoms. The van der Waals surface area contributed by atoms with E-state index >= 15 is 0 Å². The number of rotatable bonds is 9. The zero-order valence-corrected chi connectivity index (χ0v) is 19.1. The fourth-order valence-electron chi connectivity index (χ4n) is 4.11. The van der Waals surface area contributed by atoms with E-state index in [0.717, 1.165) is 28.8 Å². The van der Waals surface area contributed by atoms with Gasteiger partial charge in [-0.1, -0.05) is 29.8 Å². The first-order valence-electron chi connectivity index (χ1n) is 10.5. The molecule has 168 valence electrons. The van der Waals surface area contributed by atoms with E-state index in [1.807, 2.05) is 54.3 Å². The number of benzene rings is 2. The fourth-order valence-corrected chi connectivity index (χ4v) is 4.24. The number of halogens is 1. The van der Waals surface area contributed by atoms with Gasteiger partial charge in [-0.25, -0.2) is 0 Å². The van der Waals surface area contributed by atoms with Crippen LogP contribution in [0, 0.1) is 0 Å². The monoisotopic (exact) mass is 455 g/mol. The minimum Gasteiger partial charge on any atom is -0.493 e. The molecule has 0 saturated heterocycles. The van der Waals surface area contributed by atoms with Crippen LogP contribution in [0.3, 0.4) is 0 Å². The highest BCUT2D eigenvalue weighted by Crippen LogP contribution is 2.44. The number of carbonyl (C=O) groups is 1. The number of aromatic amines is 1. The predicted molar refractivity (Wildman–Crippen MR) is 123 cm³/mol. The number of methoxy groups -OCH3 is 2. The number of H-pyrrole nitrogens is 1. The van der Waals surface area contributed by atoms with E-state index < -0.39 is 0 Å². The van der Waals surface area contributed by atoms with Crippen molar-refractivity contribution in [2.24, 2.45) is 0 Å². The molecule has 1 atom stereocenters. The van der Waals surface area contributed by atoms with Crippen LogP contribution >= 0.6 is 11.6 Å². The van der Waals surface area contributed by atoms with Gasteiger partial charge in [0.1, 0.15) is 5.69 Å². The lowest BCUT2D eigenvalue weighted by molar-refractivity contribution is 0.0723. The van der Waals surface area contributed by atoms with Crippen LogP contribution in [0.25, 0.3) is 11.3 Å². The van der Waals surface area contributed by atoms with Crippen molar-refractivity contribution in [3.8, 4) is 22.8 Å². The number of hydrogen-bond acceptors (Lipinski definition) is 5. The number of aromatic nitrogens is 2. The van der Waals surface area contributed by atoms with Gasteiger partial charge in [-0.15, -0.1) is 0 Å². The molecule has 0 bridgehead atoms. The number of nitrogens with one attached hydrogen (secondary N) is 1. The highest BCUT2D eigenvalue weighted by molar-refractivity contribution is 6.30. The first-order chi connectivity index (χ1) is 15.6. The molecule has 1 unspecified atom stereocenters. The van der Waals surface area contributed by atoms with E-state index in [1.165, 1.54) is 0 Å². The highest BCUT2D eigenvalue weighted by Gasteiger charge is 2.42. The van der Waals surface area contributed by atoms with Crippen LogP contribution in [-0.2, 0) is 4.74 Å². The molecular weight excluding hydrogens is 430 g/mol. The first kappa shape index (κ1) is 22.2. The Balaban J connectivity index is 1.82. The van der Waals surface area contributed by atoms with Crippen molar-refractivity contribution >= 4 is 17.5 Å². The fraction of sp³-hybridized carbons (Fsp3) is 0.333. The van der Waals surface area contributed by atoms with Gasteiger partial charge < -0.3 is 19.1 Å². The molecule has 1 aliphatic rings. The third-order valence-corrected chi connectivity index (χ3v) is 5.78. The number of ether oxygens (including phenoxy) is 3. The lowest BCUT2D eigenvalue weighted by Crippen LogP contribution is -2.31. The first-order valence-corrected chi connectivity index (χ1v) is 10.9. The summed E-state index contributed by atoms with van der Waals surface area (Å²) >= 11 is 6.08. The van der Waals surface area contributed by atoms with Gasteiger partial charge >= 0.3 is 0 Å². The van der Waals surface area contributed by atoms with Crippen LogP contribution in [0.2, 0.25) is 5.02 Å². The Bertz CT molecular complexity index is 1100. The average Bonchev–Trinajstić information content (AvgIpc) is 3.34. The second-order valence-electron chi connectivity index (χ2n) is 7.46. The molecular formula is C24H26ClN3O4. The second kappa shape index (κ2) is 9.63. The van der Waals surface area contributed by atoms with E-state index in [1.54, 1.807) is 14.2 Å². The molecule has 2 aromatic carbocycles. The van der Waals surface area contributed by atoms with Crippen molar-refractivity contribution in [2.45, 2.75) is 19.4 Å². The van der Waals surface area contributed by atoms with Gasteiger partial charge in [0, 0.05) is 36.4 Å². The Hall–Kier alpha value is -3.03. The number of amides is 1. The summed E-state index contributed by atoms with van der Waals surface area (Å²) in [6.45, 7) is 3.58. The number of fused-ring (bicyclic) bond motifs is 1. The topological polar surface area (TPSA) is 76.7 Å². The van der Waals surface area contributed by atoms with Gasteiger partial charge in [0.05, 0.1) is 25.5 Å². The van der Waals surface area contributed by atoms with E-state index in [0.29, 0.717) is 42.0 Å². The van der Waals surface area contributed by atoms with Crippen molar-refractivity contribution < 1.29 is 19.0 Å². The van der Waals surface area contributed by atoms with Crippen molar-refractivity contribution in [2.75, 3.05) is 34.0 Å². The molecule has 0 spiro atoms. The van der Waals surface area contributed by atoms with Crippen LogP contribution in [-0.4, -0.2) is 55.0 Å². The van der Waals surface area contributed by atoms with Crippen LogP contribution in [0.5, 0.6) is 11.5 Å². The molecule has 0 fully saturated rings. The van der Waals surface area contributed by atoms with E-state index in [-0.39, 0.29) is 11.9 Å². The maximum Gasteiger partial charge on any atom is 0.273 e. The molecule has 0 aliphatic carbocycles. The van der Waals surface area contributed by atoms with Gasteiger partial charge in [-0.2, -0.15) is 5.10 Å². The summed E-state index contributed by atoms with van der Waals surface area (Å²) in [7, 11) is 3.27. The standard InChI is InChI=1S/C24H26ClN3O4/c1-4-32-18-11-8-16(14-19(18)31-3)23-20-21(15-6-9-17(25)10-7-15)26-27-22(20)24(29)28(23)12-5-13-30-2/h6-11,14,23H,4-5,12-13H2,1-3H3,(H,26,27). The van der Waals surface area contributed by atoms with Crippen molar-refractivity contribution in [1.29, 1.82) is 0 Å². The molecule has 4 rings (SSSR count). The smallest absolute Gasteiger partial charge is 0.273 e. The van der Waals surface area contributed by atoms with Gasteiger partial charge in [-0.3, -0.25) is 9.89 Å². The number of carbonyl (C=O) groups excluding carboxylic acids is 1.